The standard InChI is InChI=1S/CH3N7/c2-4-1-5-7-8-6-3/h1H,2H2. The third-order valence-electron chi connectivity index (χ3n) is 0.250. The molecule has 0 unspecified atom stereocenters. The lowest BCUT2D eigenvalue weighted by Crippen LogP contribution is -1.76. The van der Waals surface area contributed by atoms with Crippen molar-refractivity contribution in [1.29, 1.82) is 0 Å². The summed E-state index contributed by atoms with van der Waals surface area (Å²) in [6.45, 7) is 0. The van der Waals surface area contributed by atoms with Gasteiger partial charge in [0.05, 0.1) is 5.22 Å². The van der Waals surface area contributed by atoms with Gasteiger partial charge in [-0.1, -0.05) is 0 Å². The summed E-state index contributed by atoms with van der Waals surface area (Å²) in [6, 6.07) is 0. The number of nitrogens with zero attached hydrogens (tertiary/aromatic N) is 6. The zero-order valence-corrected chi connectivity index (χ0v) is 3.84. The molecule has 0 aromatic heterocycles. The van der Waals surface area contributed by atoms with E-state index in [2.05, 4.69) is 31.4 Å². The topological polar surface area (TPSA) is 112 Å². The lowest BCUT2D eigenvalue weighted by atomic mass is 11.4. The molecule has 0 aliphatic heterocycles. The Kier molecular flexibility index (Phi) is 4.29. The maximum Gasteiger partial charge on any atom is 0.183 e. The van der Waals surface area contributed by atoms with Gasteiger partial charge in [-0.25, -0.2) is 0 Å². The Morgan fingerprint density at radius 2 is 2.38 bits per heavy atom. The molecule has 0 saturated heterocycles. The van der Waals surface area contributed by atoms with E-state index < -0.39 is 0 Å². The van der Waals surface area contributed by atoms with Crippen LogP contribution in [-0.4, -0.2) is 6.34 Å². The number of hydrogen-bond acceptors (Lipinski definition) is 2. The van der Waals surface area contributed by atoms with Gasteiger partial charge < -0.3 is 5.84 Å². The van der Waals surface area contributed by atoms with Crippen LogP contribution in [0.2, 0.25) is 0 Å². The molecular weight excluding hydrogens is 110 g/mol. The maximum atomic E-state index is 7.59. The molecule has 7 heteroatoms. The molecule has 0 heterocycles. The molecule has 8 heavy (non-hydrogen) atoms. The van der Waals surface area contributed by atoms with Gasteiger partial charge in [-0.3, -0.25) is 0 Å². The Bertz CT molecular complexity index is 136. The van der Waals surface area contributed by atoms with Crippen molar-refractivity contribution in [2.24, 2.45) is 26.5 Å². The molecule has 0 aliphatic carbocycles. The molecule has 0 spiro atoms. The molecule has 0 aliphatic rings. The Balaban J connectivity index is 3.50. The fraction of sp³-hybridized carbons (Fsp3) is 0. The van der Waals surface area contributed by atoms with Crippen LogP contribution in [0.25, 0.3) is 10.4 Å². The predicted molar refractivity (Wildman–Crippen MR) is 26.7 cm³/mol. The summed E-state index contributed by atoms with van der Waals surface area (Å²) in [6.07, 6.45) is 0.953. The molecule has 0 saturated carbocycles. The van der Waals surface area contributed by atoms with E-state index >= 15 is 0 Å². The monoisotopic (exact) mass is 113 g/mol. The van der Waals surface area contributed by atoms with Crippen molar-refractivity contribution in [3.05, 3.63) is 10.4 Å². The maximum absolute atomic E-state index is 7.59. The van der Waals surface area contributed by atoms with E-state index in [9.17, 15) is 0 Å². The SMILES string of the molecule is [N-]=[N+]=NN=NC=NN. The predicted octanol–water partition coefficient (Wildman–Crippen LogP) is 0.566. The molecule has 0 atom stereocenters. The first kappa shape index (κ1) is 6.38. The third-order valence-corrected chi connectivity index (χ3v) is 0.250. The van der Waals surface area contributed by atoms with Crippen molar-refractivity contribution in [2.45, 2.75) is 0 Å². The smallest absolute Gasteiger partial charge is 0.183 e. The average Bonchev–Trinajstić information content (AvgIpc) is 1.81. The van der Waals surface area contributed by atoms with Gasteiger partial charge in [0.1, 0.15) is 5.22 Å². The highest BCUT2D eigenvalue weighted by Gasteiger charge is 1.63. The molecule has 2 N–H and O–H groups in total. The summed E-state index contributed by atoms with van der Waals surface area (Å²) in [7, 11) is 0. The molecule has 42 valence electrons. The van der Waals surface area contributed by atoms with Crippen LogP contribution >= 0.6 is 0 Å². The molecule has 0 amide bonds. The molecule has 0 aromatic carbocycles. The van der Waals surface area contributed by atoms with Crippen LogP contribution in [0.3, 0.4) is 0 Å². The minimum Gasteiger partial charge on any atom is -0.322 e. The largest absolute Gasteiger partial charge is 0.322 e. The molecule has 0 bridgehead atoms. The molecule has 0 radical (unpaired) electrons. The summed E-state index contributed by atoms with van der Waals surface area (Å²) < 4.78 is 0. The van der Waals surface area contributed by atoms with Crippen LogP contribution in [0, 0.1) is 0 Å². The highest BCUT2D eigenvalue weighted by Crippen LogP contribution is 1.71. The first-order valence-corrected chi connectivity index (χ1v) is 1.57. The van der Waals surface area contributed by atoms with Gasteiger partial charge in [0.15, 0.2) is 6.34 Å². The van der Waals surface area contributed by atoms with Crippen molar-refractivity contribution < 1.29 is 0 Å². The molecule has 0 fully saturated rings. The minimum atomic E-state index is 0.953. The van der Waals surface area contributed by atoms with Crippen molar-refractivity contribution in [2.75, 3.05) is 0 Å². The molecular formula is CH3N7. The van der Waals surface area contributed by atoms with Crippen LogP contribution < -0.4 is 5.84 Å². The highest BCUT2D eigenvalue weighted by molar-refractivity contribution is 5.53. The summed E-state index contributed by atoms with van der Waals surface area (Å²) in [5.74, 6) is 4.59. The lowest BCUT2D eigenvalue weighted by molar-refractivity contribution is 1.06. The second-order valence-corrected chi connectivity index (χ2v) is 0.648. The van der Waals surface area contributed by atoms with Crippen LogP contribution in [0.5, 0.6) is 0 Å². The zero-order chi connectivity index (χ0) is 6.24. The summed E-state index contributed by atoms with van der Waals surface area (Å²) in [4.78, 5) is 2.27. The van der Waals surface area contributed by atoms with Gasteiger partial charge in [-0.2, -0.15) is 10.0 Å². The van der Waals surface area contributed by atoms with Gasteiger partial charge in [-0.05, 0) is 5.11 Å². The molecule has 0 rings (SSSR count). The first-order chi connectivity index (χ1) is 3.91. The van der Waals surface area contributed by atoms with Crippen LogP contribution in [0.4, 0.5) is 0 Å². The van der Waals surface area contributed by atoms with Crippen molar-refractivity contribution in [1.82, 2.24) is 0 Å². The van der Waals surface area contributed by atoms with E-state index in [0.29, 0.717) is 0 Å². The summed E-state index contributed by atoms with van der Waals surface area (Å²) >= 11 is 0. The van der Waals surface area contributed by atoms with Crippen molar-refractivity contribution in [3.8, 4) is 0 Å². The number of hydrogen-bond donors (Lipinski definition) is 1. The third kappa shape index (κ3) is 4.38. The van der Waals surface area contributed by atoms with Crippen LogP contribution in [0.1, 0.15) is 0 Å². The van der Waals surface area contributed by atoms with E-state index in [-0.39, 0.29) is 0 Å². The number of azide groups is 1. The van der Waals surface area contributed by atoms with E-state index in [1.165, 1.54) is 0 Å². The van der Waals surface area contributed by atoms with E-state index in [0.717, 1.165) is 6.34 Å². The second-order valence-electron chi connectivity index (χ2n) is 0.648. The van der Waals surface area contributed by atoms with Gasteiger partial charge in [0, 0.05) is 0 Å². The second kappa shape index (κ2) is 5.38. The van der Waals surface area contributed by atoms with E-state index in [1.807, 2.05) is 0 Å². The quantitative estimate of drug-likeness (QED) is 0.105. The van der Waals surface area contributed by atoms with Gasteiger partial charge in [0.25, 0.3) is 0 Å². The molecule has 7 nitrogen and oxygen atoms in total. The Labute approximate surface area is 44.5 Å². The summed E-state index contributed by atoms with van der Waals surface area (Å²) in [5, 5.41) is 11.6. The fourth-order valence-corrected chi connectivity index (χ4v) is 0.0939. The Morgan fingerprint density at radius 3 is 2.88 bits per heavy atom. The zero-order valence-electron chi connectivity index (χ0n) is 3.84. The Hall–Kier alpha value is -1.62. The number of hydrazone groups is 1. The van der Waals surface area contributed by atoms with Crippen LogP contribution in [-0.2, 0) is 0 Å². The normalized spacial score (nSPS) is 10.0. The highest BCUT2D eigenvalue weighted by atomic mass is 15.5. The first-order valence-electron chi connectivity index (χ1n) is 1.57. The molecule has 0 aromatic rings. The van der Waals surface area contributed by atoms with E-state index in [1.54, 1.807) is 0 Å². The van der Waals surface area contributed by atoms with Crippen molar-refractivity contribution >= 4 is 6.34 Å². The van der Waals surface area contributed by atoms with Gasteiger partial charge in [0.2, 0.25) is 0 Å². The number of rotatable bonds is 2. The van der Waals surface area contributed by atoms with Gasteiger partial charge in [-0.15, -0.1) is 5.53 Å². The van der Waals surface area contributed by atoms with Gasteiger partial charge >= 0.3 is 0 Å². The average molecular weight is 113 g/mol. The van der Waals surface area contributed by atoms with E-state index in [4.69, 9.17) is 5.53 Å². The van der Waals surface area contributed by atoms with Crippen LogP contribution in [0.15, 0.2) is 20.7 Å². The van der Waals surface area contributed by atoms with Crippen molar-refractivity contribution in [3.63, 3.8) is 0 Å². The number of nitrogens with two attached hydrogens (primary N) is 1. The summed E-state index contributed by atoms with van der Waals surface area (Å²) in [5.41, 5.74) is 7.59. The fourth-order valence-electron chi connectivity index (χ4n) is 0.0939. The Morgan fingerprint density at radius 1 is 1.62 bits per heavy atom. The lowest BCUT2D eigenvalue weighted by Gasteiger charge is -1.60. The minimum absolute atomic E-state index is 0.953.